The van der Waals surface area contributed by atoms with Crippen molar-refractivity contribution in [2.45, 2.75) is 6.92 Å². The molecule has 1 aliphatic heterocycles. The smallest absolute Gasteiger partial charge is 0.409 e. The van der Waals surface area contributed by atoms with Gasteiger partial charge in [0.05, 0.1) is 18.5 Å². The first kappa shape index (κ1) is 18.8. The van der Waals surface area contributed by atoms with E-state index in [-0.39, 0.29) is 17.7 Å². The highest BCUT2D eigenvalue weighted by Crippen LogP contribution is 2.25. The molecular formula is C17H19N5O4S. The summed E-state index contributed by atoms with van der Waals surface area (Å²) < 4.78 is 4.98. The second-order valence-corrected chi connectivity index (χ2v) is 6.60. The predicted octanol–water partition coefficient (Wildman–Crippen LogP) is 1.70. The van der Waals surface area contributed by atoms with Gasteiger partial charge in [-0.25, -0.2) is 9.78 Å². The zero-order valence-electron chi connectivity index (χ0n) is 14.8. The van der Waals surface area contributed by atoms with Crippen molar-refractivity contribution in [2.24, 2.45) is 0 Å². The van der Waals surface area contributed by atoms with Crippen molar-refractivity contribution in [1.82, 2.24) is 19.8 Å². The minimum absolute atomic E-state index is 0.171. The lowest BCUT2D eigenvalue weighted by Crippen LogP contribution is -2.50. The van der Waals surface area contributed by atoms with Gasteiger partial charge in [0, 0.05) is 38.6 Å². The van der Waals surface area contributed by atoms with Crippen LogP contribution in [0.2, 0.25) is 0 Å². The number of thiophene rings is 1. The Morgan fingerprint density at radius 3 is 2.59 bits per heavy atom. The van der Waals surface area contributed by atoms with E-state index in [4.69, 9.17) is 4.74 Å². The number of nitrogens with one attached hydrogen (secondary N) is 1. The van der Waals surface area contributed by atoms with Crippen molar-refractivity contribution in [2.75, 3.05) is 38.1 Å². The summed E-state index contributed by atoms with van der Waals surface area (Å²) in [4.78, 5) is 48.3. The van der Waals surface area contributed by atoms with Crippen LogP contribution in [-0.2, 0) is 4.74 Å². The van der Waals surface area contributed by atoms with Gasteiger partial charge in [-0.3, -0.25) is 14.6 Å². The number of hydrogen-bond acceptors (Lipinski definition) is 7. The van der Waals surface area contributed by atoms with E-state index >= 15 is 0 Å². The van der Waals surface area contributed by atoms with Crippen LogP contribution in [0.25, 0.3) is 0 Å². The summed E-state index contributed by atoms with van der Waals surface area (Å²) in [7, 11) is 0. The molecule has 142 valence electrons. The van der Waals surface area contributed by atoms with Crippen LogP contribution >= 0.6 is 11.3 Å². The molecular weight excluding hydrogens is 370 g/mol. The van der Waals surface area contributed by atoms with Crippen LogP contribution in [0, 0.1) is 0 Å². The average molecular weight is 389 g/mol. The van der Waals surface area contributed by atoms with Gasteiger partial charge in [-0.05, 0) is 18.4 Å². The molecule has 3 rings (SSSR count). The number of anilines is 1. The van der Waals surface area contributed by atoms with E-state index in [1.807, 2.05) is 0 Å². The Morgan fingerprint density at radius 1 is 1.19 bits per heavy atom. The number of carbonyl (C=O) groups is 3. The third-order valence-corrected chi connectivity index (χ3v) is 4.90. The number of amides is 3. The molecule has 1 fully saturated rings. The normalized spacial score (nSPS) is 14.0. The van der Waals surface area contributed by atoms with E-state index in [1.165, 1.54) is 29.9 Å². The lowest BCUT2D eigenvalue weighted by atomic mass is 10.2. The van der Waals surface area contributed by atoms with E-state index in [9.17, 15) is 14.4 Å². The second-order valence-electron chi connectivity index (χ2n) is 5.69. The Morgan fingerprint density at radius 2 is 1.93 bits per heavy atom. The molecule has 0 aromatic carbocycles. The van der Waals surface area contributed by atoms with Gasteiger partial charge in [-0.15, -0.1) is 11.3 Å². The molecule has 3 amide bonds. The molecule has 10 heteroatoms. The Kier molecular flexibility index (Phi) is 5.97. The summed E-state index contributed by atoms with van der Waals surface area (Å²) in [5, 5.41) is 4.45. The number of aromatic nitrogens is 2. The fourth-order valence-corrected chi connectivity index (χ4v) is 3.44. The lowest BCUT2D eigenvalue weighted by molar-refractivity contribution is 0.0575. The zero-order chi connectivity index (χ0) is 19.2. The van der Waals surface area contributed by atoms with E-state index in [2.05, 4.69) is 15.3 Å². The summed E-state index contributed by atoms with van der Waals surface area (Å²) in [6, 6.07) is 1.68. The fraction of sp³-hybridized carbons (Fsp3) is 0.353. The standard InChI is InChI=1S/C17H19N5O4S/c1-2-26-17(25)22-8-6-21(7-9-22)16(24)14-12(3-10-27-14)20-15(23)13-11-18-4-5-19-13/h3-5,10-11H,2,6-9H2,1H3,(H,20,23). The number of ether oxygens (including phenoxy) is 1. The number of nitrogens with zero attached hydrogens (tertiary/aromatic N) is 4. The van der Waals surface area contributed by atoms with Crippen molar-refractivity contribution < 1.29 is 19.1 Å². The van der Waals surface area contributed by atoms with Gasteiger partial charge in [0.2, 0.25) is 0 Å². The van der Waals surface area contributed by atoms with Crippen LogP contribution < -0.4 is 5.32 Å². The Hall–Kier alpha value is -3.01. The first-order chi connectivity index (χ1) is 13.1. The number of rotatable bonds is 4. The van der Waals surface area contributed by atoms with Gasteiger partial charge >= 0.3 is 6.09 Å². The Bertz CT molecular complexity index is 818. The first-order valence-corrected chi connectivity index (χ1v) is 9.34. The summed E-state index contributed by atoms with van der Waals surface area (Å²) in [6.45, 7) is 3.72. The monoisotopic (exact) mass is 389 g/mol. The van der Waals surface area contributed by atoms with E-state index in [0.29, 0.717) is 43.4 Å². The first-order valence-electron chi connectivity index (χ1n) is 8.46. The van der Waals surface area contributed by atoms with Gasteiger partial charge in [0.1, 0.15) is 10.6 Å². The van der Waals surface area contributed by atoms with Gasteiger partial charge < -0.3 is 19.9 Å². The molecule has 0 radical (unpaired) electrons. The molecule has 0 saturated carbocycles. The lowest BCUT2D eigenvalue weighted by Gasteiger charge is -2.34. The SMILES string of the molecule is CCOC(=O)N1CCN(C(=O)c2sccc2NC(=O)c2cnccn2)CC1. The highest BCUT2D eigenvalue weighted by atomic mass is 32.1. The van der Waals surface area contributed by atoms with Gasteiger partial charge in [-0.2, -0.15) is 0 Å². The average Bonchev–Trinajstić information content (AvgIpc) is 3.16. The molecule has 0 aliphatic carbocycles. The van der Waals surface area contributed by atoms with Gasteiger partial charge in [-0.1, -0.05) is 0 Å². The molecule has 0 spiro atoms. The second kappa shape index (κ2) is 8.58. The van der Waals surface area contributed by atoms with Crippen LogP contribution in [0.1, 0.15) is 27.1 Å². The summed E-state index contributed by atoms with van der Waals surface area (Å²) >= 11 is 1.26. The minimum Gasteiger partial charge on any atom is -0.450 e. The summed E-state index contributed by atoms with van der Waals surface area (Å²) in [5.41, 5.74) is 0.610. The third-order valence-electron chi connectivity index (χ3n) is 4.00. The maximum atomic E-state index is 12.8. The van der Waals surface area contributed by atoms with Crippen LogP contribution in [0.15, 0.2) is 30.0 Å². The molecule has 2 aromatic heterocycles. The number of carbonyl (C=O) groups excluding carboxylic acids is 3. The molecule has 0 unspecified atom stereocenters. The quantitative estimate of drug-likeness (QED) is 0.853. The topological polar surface area (TPSA) is 105 Å². The van der Waals surface area contributed by atoms with Crippen LogP contribution in [0.5, 0.6) is 0 Å². The molecule has 9 nitrogen and oxygen atoms in total. The van der Waals surface area contributed by atoms with E-state index in [0.717, 1.165) is 0 Å². The Labute approximate surface area is 160 Å². The molecule has 1 N–H and O–H groups in total. The molecule has 2 aromatic rings. The molecule has 3 heterocycles. The number of hydrogen-bond donors (Lipinski definition) is 1. The molecule has 0 atom stereocenters. The largest absolute Gasteiger partial charge is 0.450 e. The van der Waals surface area contributed by atoms with Crippen molar-refractivity contribution >= 4 is 34.9 Å². The maximum absolute atomic E-state index is 12.8. The van der Waals surface area contributed by atoms with Crippen LogP contribution in [0.4, 0.5) is 10.5 Å². The molecule has 27 heavy (non-hydrogen) atoms. The van der Waals surface area contributed by atoms with Crippen molar-refractivity contribution in [3.05, 3.63) is 40.6 Å². The summed E-state index contributed by atoms with van der Waals surface area (Å²) in [5.74, 6) is -0.606. The van der Waals surface area contributed by atoms with Crippen molar-refractivity contribution in [1.29, 1.82) is 0 Å². The predicted molar refractivity (Wildman–Crippen MR) is 98.8 cm³/mol. The van der Waals surface area contributed by atoms with Crippen molar-refractivity contribution in [3.63, 3.8) is 0 Å². The van der Waals surface area contributed by atoms with Crippen molar-refractivity contribution in [3.8, 4) is 0 Å². The highest BCUT2D eigenvalue weighted by Gasteiger charge is 2.27. The van der Waals surface area contributed by atoms with E-state index < -0.39 is 5.91 Å². The Balaban J connectivity index is 1.63. The van der Waals surface area contributed by atoms with Gasteiger partial charge in [0.25, 0.3) is 11.8 Å². The molecule has 1 saturated heterocycles. The molecule has 1 aliphatic rings. The molecule has 0 bridgehead atoms. The minimum atomic E-state index is -0.428. The summed E-state index contributed by atoms with van der Waals surface area (Å²) in [6.07, 6.45) is 3.90. The number of piperazine rings is 1. The zero-order valence-corrected chi connectivity index (χ0v) is 15.6. The third kappa shape index (κ3) is 4.40. The van der Waals surface area contributed by atoms with Gasteiger partial charge in [0.15, 0.2) is 0 Å². The fourth-order valence-electron chi connectivity index (χ4n) is 2.63. The van der Waals surface area contributed by atoms with E-state index in [1.54, 1.807) is 28.2 Å². The highest BCUT2D eigenvalue weighted by molar-refractivity contribution is 7.12. The van der Waals surface area contributed by atoms with Crippen LogP contribution in [0.3, 0.4) is 0 Å². The maximum Gasteiger partial charge on any atom is 0.409 e. The van der Waals surface area contributed by atoms with Crippen LogP contribution in [-0.4, -0.2) is 70.5 Å².